The molecule has 1 fully saturated rings. The normalized spacial score (nSPS) is 14.5. The molecule has 1 aromatic heterocycles. The molecule has 0 aliphatic heterocycles. The fourth-order valence-electron chi connectivity index (χ4n) is 2.31. The Bertz CT molecular complexity index is 575. The third kappa shape index (κ3) is 3.02. The number of hydrogen-bond donors (Lipinski definition) is 1. The molecule has 0 atom stereocenters. The molecule has 0 spiro atoms. The standard InChI is InChI=1S/C16H21N3S/c1-3-19(15-7-5-4-6-12(15)2)16-18-14(11-20-16)10-17-13-8-9-13/h4-7,11,13,17H,3,8-10H2,1-2H3. The molecule has 1 aliphatic carbocycles. The van der Waals surface area contributed by atoms with E-state index < -0.39 is 0 Å². The van der Waals surface area contributed by atoms with Crippen molar-refractivity contribution in [1.82, 2.24) is 10.3 Å². The Hall–Kier alpha value is -1.39. The average Bonchev–Trinajstić information content (AvgIpc) is 3.18. The molecule has 1 aliphatic rings. The Kier molecular flexibility index (Phi) is 4.03. The van der Waals surface area contributed by atoms with Crippen LogP contribution in [0.3, 0.4) is 0 Å². The number of nitrogens with one attached hydrogen (secondary N) is 1. The van der Waals surface area contributed by atoms with Crippen molar-refractivity contribution in [2.45, 2.75) is 39.3 Å². The van der Waals surface area contributed by atoms with Crippen LogP contribution in [0.25, 0.3) is 0 Å². The van der Waals surface area contributed by atoms with Gasteiger partial charge in [-0.1, -0.05) is 18.2 Å². The molecule has 1 saturated carbocycles. The summed E-state index contributed by atoms with van der Waals surface area (Å²) in [5, 5.41) is 6.78. The maximum Gasteiger partial charge on any atom is 0.190 e. The molecule has 1 aromatic carbocycles. The molecule has 20 heavy (non-hydrogen) atoms. The minimum absolute atomic E-state index is 0.735. The predicted octanol–water partition coefficient (Wildman–Crippen LogP) is 3.86. The summed E-state index contributed by atoms with van der Waals surface area (Å²) in [7, 11) is 0. The molecule has 0 saturated heterocycles. The van der Waals surface area contributed by atoms with E-state index in [0.717, 1.165) is 30.0 Å². The van der Waals surface area contributed by atoms with Crippen molar-refractivity contribution in [2.24, 2.45) is 0 Å². The average molecular weight is 287 g/mol. The number of anilines is 2. The van der Waals surface area contributed by atoms with Crippen LogP contribution in [0.5, 0.6) is 0 Å². The van der Waals surface area contributed by atoms with E-state index in [2.05, 4.69) is 53.7 Å². The molecule has 0 unspecified atom stereocenters. The number of aromatic nitrogens is 1. The number of aryl methyl sites for hydroxylation is 1. The van der Waals surface area contributed by atoms with Crippen LogP contribution >= 0.6 is 11.3 Å². The van der Waals surface area contributed by atoms with Gasteiger partial charge in [-0.15, -0.1) is 11.3 Å². The van der Waals surface area contributed by atoms with E-state index in [9.17, 15) is 0 Å². The van der Waals surface area contributed by atoms with E-state index in [-0.39, 0.29) is 0 Å². The van der Waals surface area contributed by atoms with Gasteiger partial charge in [0.05, 0.1) is 5.69 Å². The number of para-hydroxylation sites is 1. The van der Waals surface area contributed by atoms with Gasteiger partial charge in [-0.05, 0) is 38.3 Å². The summed E-state index contributed by atoms with van der Waals surface area (Å²) < 4.78 is 0. The lowest BCUT2D eigenvalue weighted by Gasteiger charge is -2.21. The lowest BCUT2D eigenvalue weighted by molar-refractivity contribution is 0.677. The van der Waals surface area contributed by atoms with Crippen LogP contribution in [0, 0.1) is 6.92 Å². The third-order valence-corrected chi connectivity index (χ3v) is 4.55. The van der Waals surface area contributed by atoms with Crippen LogP contribution in [0.15, 0.2) is 29.6 Å². The van der Waals surface area contributed by atoms with Gasteiger partial charge in [0.15, 0.2) is 5.13 Å². The number of hydrogen-bond acceptors (Lipinski definition) is 4. The third-order valence-electron chi connectivity index (χ3n) is 3.64. The van der Waals surface area contributed by atoms with E-state index >= 15 is 0 Å². The van der Waals surface area contributed by atoms with E-state index in [0.29, 0.717) is 0 Å². The van der Waals surface area contributed by atoms with Crippen LogP contribution in [-0.2, 0) is 6.54 Å². The van der Waals surface area contributed by atoms with Crippen LogP contribution in [-0.4, -0.2) is 17.6 Å². The summed E-state index contributed by atoms with van der Waals surface area (Å²) in [6.45, 7) is 6.16. The molecule has 0 amide bonds. The smallest absolute Gasteiger partial charge is 0.190 e. The summed E-state index contributed by atoms with van der Waals surface area (Å²) in [5.41, 5.74) is 3.71. The van der Waals surface area contributed by atoms with Gasteiger partial charge in [0, 0.05) is 30.2 Å². The highest BCUT2D eigenvalue weighted by Crippen LogP contribution is 2.30. The second kappa shape index (κ2) is 5.94. The first kappa shape index (κ1) is 13.6. The Morgan fingerprint density at radius 1 is 1.35 bits per heavy atom. The maximum atomic E-state index is 4.78. The summed E-state index contributed by atoms with van der Waals surface area (Å²) in [6.07, 6.45) is 2.64. The molecule has 0 bridgehead atoms. The summed E-state index contributed by atoms with van der Waals surface area (Å²) in [5.74, 6) is 0. The lowest BCUT2D eigenvalue weighted by atomic mass is 10.2. The van der Waals surface area contributed by atoms with E-state index in [1.807, 2.05) is 0 Å². The zero-order valence-electron chi connectivity index (χ0n) is 12.1. The van der Waals surface area contributed by atoms with Gasteiger partial charge in [-0.2, -0.15) is 0 Å². The molecular weight excluding hydrogens is 266 g/mol. The highest BCUT2D eigenvalue weighted by molar-refractivity contribution is 7.13. The van der Waals surface area contributed by atoms with Gasteiger partial charge in [-0.3, -0.25) is 0 Å². The van der Waals surface area contributed by atoms with E-state index in [1.54, 1.807) is 11.3 Å². The Balaban J connectivity index is 1.76. The van der Waals surface area contributed by atoms with Gasteiger partial charge in [0.1, 0.15) is 0 Å². The zero-order valence-corrected chi connectivity index (χ0v) is 12.9. The van der Waals surface area contributed by atoms with Crippen molar-refractivity contribution in [2.75, 3.05) is 11.4 Å². The fourth-order valence-corrected chi connectivity index (χ4v) is 3.21. The maximum absolute atomic E-state index is 4.78. The van der Waals surface area contributed by atoms with Gasteiger partial charge < -0.3 is 10.2 Å². The molecule has 2 aromatic rings. The highest BCUT2D eigenvalue weighted by Gasteiger charge is 2.21. The Morgan fingerprint density at radius 3 is 2.85 bits per heavy atom. The molecule has 4 heteroatoms. The second-order valence-electron chi connectivity index (χ2n) is 5.31. The SMILES string of the molecule is CCN(c1nc(CNC2CC2)cs1)c1ccccc1C. The number of rotatable bonds is 6. The lowest BCUT2D eigenvalue weighted by Crippen LogP contribution is -2.18. The highest BCUT2D eigenvalue weighted by atomic mass is 32.1. The molecule has 106 valence electrons. The molecule has 0 radical (unpaired) electrons. The second-order valence-corrected chi connectivity index (χ2v) is 6.14. The van der Waals surface area contributed by atoms with Crippen molar-refractivity contribution in [3.63, 3.8) is 0 Å². The molecule has 3 nitrogen and oxygen atoms in total. The number of thiazole rings is 1. The number of benzene rings is 1. The zero-order chi connectivity index (χ0) is 13.9. The Labute approximate surface area is 124 Å². The van der Waals surface area contributed by atoms with Crippen molar-refractivity contribution in [3.8, 4) is 0 Å². The predicted molar refractivity (Wildman–Crippen MR) is 85.8 cm³/mol. The molecule has 3 rings (SSSR count). The van der Waals surface area contributed by atoms with Crippen LogP contribution in [0.2, 0.25) is 0 Å². The van der Waals surface area contributed by atoms with Crippen molar-refractivity contribution < 1.29 is 0 Å². The van der Waals surface area contributed by atoms with Gasteiger partial charge in [0.25, 0.3) is 0 Å². The molecular formula is C16H21N3S. The van der Waals surface area contributed by atoms with Crippen molar-refractivity contribution >= 4 is 22.2 Å². The topological polar surface area (TPSA) is 28.2 Å². The first-order valence-electron chi connectivity index (χ1n) is 7.29. The van der Waals surface area contributed by atoms with Gasteiger partial charge in [-0.25, -0.2) is 4.98 Å². The van der Waals surface area contributed by atoms with E-state index in [4.69, 9.17) is 4.98 Å². The van der Waals surface area contributed by atoms with E-state index in [1.165, 1.54) is 24.1 Å². The largest absolute Gasteiger partial charge is 0.318 e. The van der Waals surface area contributed by atoms with Gasteiger partial charge >= 0.3 is 0 Å². The first-order valence-corrected chi connectivity index (χ1v) is 8.17. The minimum Gasteiger partial charge on any atom is -0.318 e. The quantitative estimate of drug-likeness (QED) is 0.874. The van der Waals surface area contributed by atoms with Crippen LogP contribution in [0.4, 0.5) is 10.8 Å². The van der Waals surface area contributed by atoms with Crippen molar-refractivity contribution in [3.05, 3.63) is 40.9 Å². The van der Waals surface area contributed by atoms with Crippen molar-refractivity contribution in [1.29, 1.82) is 0 Å². The molecule has 1 heterocycles. The minimum atomic E-state index is 0.735. The fraction of sp³-hybridized carbons (Fsp3) is 0.438. The summed E-state index contributed by atoms with van der Waals surface area (Å²) >= 11 is 1.73. The van der Waals surface area contributed by atoms with Gasteiger partial charge in [0.2, 0.25) is 0 Å². The Morgan fingerprint density at radius 2 is 2.15 bits per heavy atom. The summed E-state index contributed by atoms with van der Waals surface area (Å²) in [4.78, 5) is 7.07. The first-order chi connectivity index (χ1) is 9.78. The van der Waals surface area contributed by atoms with Crippen LogP contribution < -0.4 is 10.2 Å². The summed E-state index contributed by atoms with van der Waals surface area (Å²) in [6, 6.07) is 9.23. The van der Waals surface area contributed by atoms with Crippen LogP contribution in [0.1, 0.15) is 31.0 Å². The molecule has 1 N–H and O–H groups in total. The number of nitrogens with zero attached hydrogens (tertiary/aromatic N) is 2. The monoisotopic (exact) mass is 287 g/mol.